The smallest absolute Gasteiger partial charge is 0.241 e. The van der Waals surface area contributed by atoms with Crippen molar-refractivity contribution >= 4 is 5.69 Å². The third kappa shape index (κ3) is 2.95. The fourth-order valence-electron chi connectivity index (χ4n) is 2.09. The number of ether oxygens (including phenoxy) is 1. The van der Waals surface area contributed by atoms with Gasteiger partial charge in [0.1, 0.15) is 11.4 Å². The Bertz CT molecular complexity index is 587. The summed E-state index contributed by atoms with van der Waals surface area (Å²) in [4.78, 5) is 0. The number of rotatable bonds is 5. The van der Waals surface area contributed by atoms with Crippen LogP contribution in [0, 0.1) is 6.92 Å². The molecule has 4 nitrogen and oxygen atoms in total. The van der Waals surface area contributed by atoms with Crippen molar-refractivity contribution in [3.63, 3.8) is 0 Å². The quantitative estimate of drug-likeness (QED) is 0.892. The molecule has 2 rings (SSSR count). The van der Waals surface area contributed by atoms with Crippen LogP contribution in [0.15, 0.2) is 24.3 Å². The number of nitrogens with two attached hydrogens (primary N) is 1. The van der Waals surface area contributed by atoms with E-state index in [1.165, 1.54) is 5.56 Å². The standard InChI is InChI=1S/C16H23N3O/c1-5-9-19-16(15(17)12(4)18-19)20-14-8-6-7-13(10-14)11(2)3/h6-8,10-11H,5,9,17H2,1-4H3. The van der Waals surface area contributed by atoms with E-state index >= 15 is 0 Å². The van der Waals surface area contributed by atoms with Gasteiger partial charge in [-0.3, -0.25) is 0 Å². The Balaban J connectivity index is 2.32. The van der Waals surface area contributed by atoms with Crippen molar-refractivity contribution in [1.82, 2.24) is 9.78 Å². The van der Waals surface area contributed by atoms with Crippen molar-refractivity contribution in [2.24, 2.45) is 0 Å². The van der Waals surface area contributed by atoms with Crippen molar-refractivity contribution in [2.45, 2.75) is 46.6 Å². The molecular weight excluding hydrogens is 250 g/mol. The second-order valence-electron chi connectivity index (χ2n) is 5.36. The molecule has 0 aliphatic heterocycles. The molecule has 2 aromatic rings. The van der Waals surface area contributed by atoms with Crippen LogP contribution in [0.4, 0.5) is 5.69 Å². The molecule has 0 unspecified atom stereocenters. The van der Waals surface area contributed by atoms with E-state index in [-0.39, 0.29) is 0 Å². The lowest BCUT2D eigenvalue weighted by Crippen LogP contribution is -2.03. The number of anilines is 1. The first kappa shape index (κ1) is 14.4. The Kier molecular flexibility index (Phi) is 4.32. The minimum absolute atomic E-state index is 0.471. The van der Waals surface area contributed by atoms with Crippen molar-refractivity contribution in [1.29, 1.82) is 0 Å². The second-order valence-corrected chi connectivity index (χ2v) is 5.36. The summed E-state index contributed by atoms with van der Waals surface area (Å²) in [6.45, 7) is 9.14. The Labute approximate surface area is 120 Å². The molecule has 4 heteroatoms. The van der Waals surface area contributed by atoms with Gasteiger partial charge >= 0.3 is 0 Å². The summed E-state index contributed by atoms with van der Waals surface area (Å²) >= 11 is 0. The zero-order valence-corrected chi connectivity index (χ0v) is 12.7. The van der Waals surface area contributed by atoms with Crippen LogP contribution < -0.4 is 10.5 Å². The van der Waals surface area contributed by atoms with Gasteiger partial charge in [-0.25, -0.2) is 4.68 Å². The lowest BCUT2D eigenvalue weighted by molar-refractivity contribution is 0.410. The lowest BCUT2D eigenvalue weighted by Gasteiger charge is -2.11. The molecular formula is C16H23N3O. The number of benzene rings is 1. The maximum atomic E-state index is 6.07. The Hall–Kier alpha value is -1.97. The summed E-state index contributed by atoms with van der Waals surface area (Å²) in [5.74, 6) is 1.92. The third-order valence-corrected chi connectivity index (χ3v) is 3.30. The van der Waals surface area contributed by atoms with E-state index in [2.05, 4.69) is 38.0 Å². The zero-order valence-electron chi connectivity index (χ0n) is 12.7. The normalized spacial score (nSPS) is 11.1. The van der Waals surface area contributed by atoms with Gasteiger partial charge < -0.3 is 10.5 Å². The van der Waals surface area contributed by atoms with Crippen molar-refractivity contribution in [2.75, 3.05) is 5.73 Å². The van der Waals surface area contributed by atoms with E-state index in [4.69, 9.17) is 10.5 Å². The molecule has 0 spiro atoms. The van der Waals surface area contributed by atoms with E-state index in [0.29, 0.717) is 17.5 Å². The van der Waals surface area contributed by atoms with E-state index in [1.54, 1.807) is 0 Å². The minimum atomic E-state index is 0.471. The number of hydrogen-bond acceptors (Lipinski definition) is 3. The lowest BCUT2D eigenvalue weighted by atomic mass is 10.0. The van der Waals surface area contributed by atoms with E-state index in [9.17, 15) is 0 Å². The monoisotopic (exact) mass is 273 g/mol. The molecule has 0 amide bonds. The number of nitrogens with zero attached hydrogens (tertiary/aromatic N) is 2. The van der Waals surface area contributed by atoms with E-state index < -0.39 is 0 Å². The fraction of sp³-hybridized carbons (Fsp3) is 0.438. The van der Waals surface area contributed by atoms with Crippen LogP contribution >= 0.6 is 0 Å². The largest absolute Gasteiger partial charge is 0.437 e. The van der Waals surface area contributed by atoms with Gasteiger partial charge in [0.15, 0.2) is 0 Å². The first-order chi connectivity index (χ1) is 9.52. The zero-order chi connectivity index (χ0) is 14.7. The molecule has 0 aliphatic rings. The average molecular weight is 273 g/mol. The van der Waals surface area contributed by atoms with E-state index in [0.717, 1.165) is 24.4 Å². The first-order valence-electron chi connectivity index (χ1n) is 7.13. The summed E-state index contributed by atoms with van der Waals surface area (Å²) in [5, 5.41) is 4.42. The Morgan fingerprint density at radius 3 is 2.75 bits per heavy atom. The number of hydrogen-bond donors (Lipinski definition) is 1. The highest BCUT2D eigenvalue weighted by Gasteiger charge is 2.14. The second kappa shape index (κ2) is 5.99. The molecule has 0 bridgehead atoms. The molecule has 2 N–H and O–H groups in total. The van der Waals surface area contributed by atoms with Crippen molar-refractivity contribution in [3.05, 3.63) is 35.5 Å². The third-order valence-electron chi connectivity index (χ3n) is 3.30. The van der Waals surface area contributed by atoms with Crippen molar-refractivity contribution in [3.8, 4) is 11.6 Å². The van der Waals surface area contributed by atoms with Crippen LogP contribution in [0.2, 0.25) is 0 Å². The first-order valence-corrected chi connectivity index (χ1v) is 7.13. The summed E-state index contributed by atoms with van der Waals surface area (Å²) in [7, 11) is 0. The number of aryl methyl sites for hydroxylation is 2. The summed E-state index contributed by atoms with van der Waals surface area (Å²) in [5.41, 5.74) is 8.75. The Morgan fingerprint density at radius 1 is 1.35 bits per heavy atom. The predicted molar refractivity (Wildman–Crippen MR) is 82.3 cm³/mol. The van der Waals surface area contributed by atoms with Gasteiger partial charge in [-0.05, 0) is 37.0 Å². The van der Waals surface area contributed by atoms with Gasteiger partial charge in [0.25, 0.3) is 0 Å². The summed E-state index contributed by atoms with van der Waals surface area (Å²) < 4.78 is 7.82. The van der Waals surface area contributed by atoms with Crippen LogP contribution in [0.3, 0.4) is 0 Å². The molecule has 0 atom stereocenters. The van der Waals surface area contributed by atoms with Gasteiger partial charge in [0.05, 0.1) is 5.69 Å². The highest BCUT2D eigenvalue weighted by Crippen LogP contribution is 2.31. The van der Waals surface area contributed by atoms with Crippen LogP contribution in [0.25, 0.3) is 0 Å². The van der Waals surface area contributed by atoms with Gasteiger partial charge in [-0.2, -0.15) is 5.10 Å². The molecule has 108 valence electrons. The highest BCUT2D eigenvalue weighted by atomic mass is 16.5. The summed E-state index contributed by atoms with van der Waals surface area (Å²) in [6, 6.07) is 8.12. The van der Waals surface area contributed by atoms with Gasteiger partial charge in [-0.1, -0.05) is 32.9 Å². The molecule has 1 heterocycles. The topological polar surface area (TPSA) is 53.1 Å². The molecule has 0 saturated heterocycles. The molecule has 0 saturated carbocycles. The van der Waals surface area contributed by atoms with Crippen LogP contribution in [0.5, 0.6) is 11.6 Å². The maximum Gasteiger partial charge on any atom is 0.241 e. The van der Waals surface area contributed by atoms with Crippen LogP contribution in [-0.4, -0.2) is 9.78 Å². The molecule has 1 aromatic carbocycles. The van der Waals surface area contributed by atoms with Crippen LogP contribution in [-0.2, 0) is 6.54 Å². The Morgan fingerprint density at radius 2 is 2.10 bits per heavy atom. The molecule has 20 heavy (non-hydrogen) atoms. The highest BCUT2D eigenvalue weighted by molar-refractivity contribution is 5.54. The molecule has 0 aliphatic carbocycles. The van der Waals surface area contributed by atoms with E-state index in [1.807, 2.05) is 23.7 Å². The number of aromatic nitrogens is 2. The maximum absolute atomic E-state index is 6.07. The minimum Gasteiger partial charge on any atom is -0.437 e. The van der Waals surface area contributed by atoms with Crippen LogP contribution in [0.1, 0.15) is 44.4 Å². The molecule has 0 fully saturated rings. The van der Waals surface area contributed by atoms with Crippen molar-refractivity contribution < 1.29 is 4.74 Å². The fourth-order valence-corrected chi connectivity index (χ4v) is 2.09. The predicted octanol–water partition coefficient (Wildman–Crippen LogP) is 4.10. The summed E-state index contributed by atoms with van der Waals surface area (Å²) in [6.07, 6.45) is 0.989. The van der Waals surface area contributed by atoms with Gasteiger partial charge in [-0.15, -0.1) is 0 Å². The molecule has 1 aromatic heterocycles. The van der Waals surface area contributed by atoms with Gasteiger partial charge in [0.2, 0.25) is 5.88 Å². The molecule has 0 radical (unpaired) electrons. The van der Waals surface area contributed by atoms with Gasteiger partial charge in [0, 0.05) is 6.54 Å². The number of nitrogen functional groups attached to an aromatic ring is 1. The SMILES string of the molecule is CCCn1nc(C)c(N)c1Oc1cccc(C(C)C)c1. The average Bonchev–Trinajstić information content (AvgIpc) is 2.67.